The van der Waals surface area contributed by atoms with Crippen molar-refractivity contribution in [1.29, 1.82) is 0 Å². The largest absolute Gasteiger partial charge is 0.462 e. The van der Waals surface area contributed by atoms with Crippen LogP contribution in [-0.4, -0.2) is 37.2 Å². The molecule has 0 aliphatic rings. The fourth-order valence-corrected chi connectivity index (χ4v) is 8.47. The van der Waals surface area contributed by atoms with Gasteiger partial charge in [-0.05, 0) is 89.9 Å². The van der Waals surface area contributed by atoms with E-state index in [0.29, 0.717) is 19.3 Å². The standard InChI is InChI=1S/C64H112O6/c1-4-7-10-13-16-19-22-24-26-28-29-30-31-32-33-34-35-37-38-40-42-45-48-51-54-57-63(66)69-60-61(59-68-62(65)56-53-50-47-44-21-18-15-12-9-6-3)70-64(67)58-55-52-49-46-43-41-39-36-27-25-23-20-17-14-11-8-5-2/h7,10,16,19,24-27,29-30,32-33,61H,4-6,8-9,11-15,17-18,20-23,28,31,34-60H2,1-3H3/b10-7-,19-16-,26-24-,27-25-,30-29-,33-32-. The molecular formula is C64H112O6. The number of allylic oxidation sites excluding steroid dienone is 12. The van der Waals surface area contributed by atoms with E-state index < -0.39 is 6.10 Å². The van der Waals surface area contributed by atoms with Crippen LogP contribution < -0.4 is 0 Å². The number of unbranched alkanes of at least 4 members (excludes halogenated alkanes) is 31. The fourth-order valence-electron chi connectivity index (χ4n) is 8.47. The first kappa shape index (κ1) is 66.9. The van der Waals surface area contributed by atoms with Crippen LogP contribution in [0.25, 0.3) is 0 Å². The average molecular weight is 978 g/mol. The molecule has 0 saturated heterocycles. The Hall–Kier alpha value is -3.15. The summed E-state index contributed by atoms with van der Waals surface area (Å²) >= 11 is 0. The Morgan fingerprint density at radius 3 is 0.886 bits per heavy atom. The van der Waals surface area contributed by atoms with E-state index in [-0.39, 0.29) is 31.1 Å². The minimum absolute atomic E-state index is 0.0762. The van der Waals surface area contributed by atoms with Crippen LogP contribution in [-0.2, 0) is 28.6 Å². The maximum Gasteiger partial charge on any atom is 0.306 e. The summed E-state index contributed by atoms with van der Waals surface area (Å²) in [7, 11) is 0. The van der Waals surface area contributed by atoms with Crippen LogP contribution in [0.2, 0.25) is 0 Å². The van der Waals surface area contributed by atoms with Gasteiger partial charge in [0.2, 0.25) is 0 Å². The highest BCUT2D eigenvalue weighted by Gasteiger charge is 2.19. The van der Waals surface area contributed by atoms with Crippen molar-refractivity contribution in [2.75, 3.05) is 13.2 Å². The second-order valence-corrected chi connectivity index (χ2v) is 19.9. The Morgan fingerprint density at radius 2 is 0.557 bits per heavy atom. The summed E-state index contributed by atoms with van der Waals surface area (Å²) in [4.78, 5) is 38.1. The van der Waals surface area contributed by atoms with Crippen LogP contribution >= 0.6 is 0 Å². The summed E-state index contributed by atoms with van der Waals surface area (Å²) in [6.45, 7) is 6.53. The van der Waals surface area contributed by atoms with E-state index in [4.69, 9.17) is 14.2 Å². The van der Waals surface area contributed by atoms with Gasteiger partial charge in [-0.15, -0.1) is 0 Å². The summed E-state index contributed by atoms with van der Waals surface area (Å²) in [5.41, 5.74) is 0. The normalized spacial score (nSPS) is 12.6. The molecule has 0 heterocycles. The minimum Gasteiger partial charge on any atom is -0.462 e. The van der Waals surface area contributed by atoms with Crippen LogP contribution in [0, 0.1) is 0 Å². The highest BCUT2D eigenvalue weighted by Crippen LogP contribution is 2.16. The second kappa shape index (κ2) is 58.4. The highest BCUT2D eigenvalue weighted by molar-refractivity contribution is 5.71. The molecule has 0 rings (SSSR count). The first-order valence-corrected chi connectivity index (χ1v) is 29.9. The fraction of sp³-hybridized carbons (Fsp3) is 0.766. The lowest BCUT2D eigenvalue weighted by Crippen LogP contribution is -2.30. The van der Waals surface area contributed by atoms with Crippen LogP contribution in [0.1, 0.15) is 297 Å². The number of carbonyl (C=O) groups excluding carboxylic acids is 3. The Balaban J connectivity index is 4.27. The molecule has 6 nitrogen and oxygen atoms in total. The van der Waals surface area contributed by atoms with Gasteiger partial charge in [0.05, 0.1) is 0 Å². The molecule has 0 aromatic carbocycles. The van der Waals surface area contributed by atoms with E-state index in [1.165, 1.54) is 161 Å². The van der Waals surface area contributed by atoms with Crippen molar-refractivity contribution in [2.45, 2.75) is 303 Å². The average Bonchev–Trinajstić information content (AvgIpc) is 3.36. The molecule has 0 spiro atoms. The van der Waals surface area contributed by atoms with Gasteiger partial charge in [0.25, 0.3) is 0 Å². The highest BCUT2D eigenvalue weighted by atomic mass is 16.6. The van der Waals surface area contributed by atoms with E-state index in [2.05, 4.69) is 93.7 Å². The van der Waals surface area contributed by atoms with Gasteiger partial charge in [0.15, 0.2) is 6.10 Å². The van der Waals surface area contributed by atoms with Crippen LogP contribution in [0.4, 0.5) is 0 Å². The molecule has 0 aliphatic carbocycles. The van der Waals surface area contributed by atoms with Crippen molar-refractivity contribution in [3.05, 3.63) is 72.9 Å². The molecule has 0 bridgehead atoms. The van der Waals surface area contributed by atoms with E-state index in [1.807, 2.05) is 0 Å². The lowest BCUT2D eigenvalue weighted by molar-refractivity contribution is -0.167. The number of ether oxygens (including phenoxy) is 3. The zero-order valence-electron chi connectivity index (χ0n) is 46.3. The predicted molar refractivity (Wildman–Crippen MR) is 302 cm³/mol. The smallest absolute Gasteiger partial charge is 0.306 e. The number of carbonyl (C=O) groups is 3. The summed E-state index contributed by atoms with van der Waals surface area (Å²) in [6, 6.07) is 0. The Bertz CT molecular complexity index is 1310. The maximum absolute atomic E-state index is 12.9. The second-order valence-electron chi connectivity index (χ2n) is 19.9. The lowest BCUT2D eigenvalue weighted by Gasteiger charge is -2.18. The molecule has 0 aromatic heterocycles. The van der Waals surface area contributed by atoms with Crippen molar-refractivity contribution in [1.82, 2.24) is 0 Å². The van der Waals surface area contributed by atoms with Crippen molar-refractivity contribution >= 4 is 17.9 Å². The first-order valence-electron chi connectivity index (χ1n) is 29.9. The summed E-state index contributed by atoms with van der Waals surface area (Å²) in [5.74, 6) is -0.878. The molecule has 0 amide bonds. The van der Waals surface area contributed by atoms with Gasteiger partial charge in [0, 0.05) is 19.3 Å². The third-order valence-corrected chi connectivity index (χ3v) is 12.9. The van der Waals surface area contributed by atoms with Crippen molar-refractivity contribution in [3.8, 4) is 0 Å². The van der Waals surface area contributed by atoms with E-state index in [0.717, 1.165) is 96.3 Å². The third kappa shape index (κ3) is 55.8. The van der Waals surface area contributed by atoms with Gasteiger partial charge in [-0.25, -0.2) is 0 Å². The Kier molecular flexibility index (Phi) is 55.8. The molecular weight excluding hydrogens is 865 g/mol. The molecule has 0 N–H and O–H groups in total. The molecule has 404 valence electrons. The summed E-state index contributed by atoms with van der Waals surface area (Å²) in [5, 5.41) is 0. The van der Waals surface area contributed by atoms with Crippen LogP contribution in [0.5, 0.6) is 0 Å². The zero-order chi connectivity index (χ0) is 50.7. The molecule has 1 atom stereocenters. The predicted octanol–water partition coefficient (Wildman–Crippen LogP) is 20.2. The molecule has 0 fully saturated rings. The van der Waals surface area contributed by atoms with Gasteiger partial charge in [-0.3, -0.25) is 14.4 Å². The minimum atomic E-state index is -0.778. The van der Waals surface area contributed by atoms with E-state index in [9.17, 15) is 14.4 Å². The summed E-state index contributed by atoms with van der Waals surface area (Å²) < 4.78 is 16.9. The van der Waals surface area contributed by atoms with Crippen molar-refractivity contribution in [3.63, 3.8) is 0 Å². The molecule has 0 saturated carbocycles. The Morgan fingerprint density at radius 1 is 0.300 bits per heavy atom. The zero-order valence-corrected chi connectivity index (χ0v) is 46.3. The molecule has 1 unspecified atom stereocenters. The third-order valence-electron chi connectivity index (χ3n) is 12.9. The molecule has 0 aromatic rings. The van der Waals surface area contributed by atoms with E-state index in [1.54, 1.807) is 0 Å². The van der Waals surface area contributed by atoms with Crippen LogP contribution in [0.3, 0.4) is 0 Å². The number of hydrogen-bond acceptors (Lipinski definition) is 6. The number of rotatable bonds is 54. The monoisotopic (exact) mass is 977 g/mol. The van der Waals surface area contributed by atoms with Crippen LogP contribution in [0.15, 0.2) is 72.9 Å². The quantitative estimate of drug-likeness (QED) is 0.0261. The molecule has 70 heavy (non-hydrogen) atoms. The molecule has 0 radical (unpaired) electrons. The van der Waals surface area contributed by atoms with Gasteiger partial charge in [-0.2, -0.15) is 0 Å². The van der Waals surface area contributed by atoms with Gasteiger partial charge in [-0.1, -0.05) is 261 Å². The molecule has 6 heteroatoms. The number of hydrogen-bond donors (Lipinski definition) is 0. The van der Waals surface area contributed by atoms with Crippen molar-refractivity contribution < 1.29 is 28.6 Å². The Labute approximate surface area is 433 Å². The SMILES string of the molecule is CC/C=C\C/C=C\C/C=C\C/C=C\C/C=C\CCCCCCCCCCCC(=O)OCC(COC(=O)CCCCCCCCCCCC)OC(=O)CCCCCCCCC/C=C\CCCCCCCC. The topological polar surface area (TPSA) is 78.9 Å². The van der Waals surface area contributed by atoms with Crippen molar-refractivity contribution in [2.24, 2.45) is 0 Å². The maximum atomic E-state index is 12.9. The van der Waals surface area contributed by atoms with E-state index >= 15 is 0 Å². The number of esters is 3. The van der Waals surface area contributed by atoms with Gasteiger partial charge >= 0.3 is 17.9 Å². The first-order chi connectivity index (χ1) is 34.5. The van der Waals surface area contributed by atoms with Gasteiger partial charge < -0.3 is 14.2 Å². The summed E-state index contributed by atoms with van der Waals surface area (Å²) in [6.07, 6.45) is 74.7. The molecule has 0 aliphatic heterocycles. The lowest BCUT2D eigenvalue weighted by atomic mass is 10.1. The van der Waals surface area contributed by atoms with Gasteiger partial charge in [0.1, 0.15) is 13.2 Å².